The van der Waals surface area contributed by atoms with Gasteiger partial charge in [0, 0.05) is 41.5 Å². The van der Waals surface area contributed by atoms with Gasteiger partial charge in [-0.25, -0.2) is 12.8 Å². The van der Waals surface area contributed by atoms with Crippen LogP contribution in [-0.2, 0) is 32.6 Å². The van der Waals surface area contributed by atoms with E-state index in [1.54, 1.807) is 18.2 Å². The zero-order chi connectivity index (χ0) is 31.1. The molecule has 2 amide bonds. The Balaban J connectivity index is 1.93. The van der Waals surface area contributed by atoms with E-state index in [1.807, 2.05) is 51.1 Å². The number of carbonyl (C=O) groups excluding carboxylic acids is 2. The first-order valence-electron chi connectivity index (χ1n) is 13.5. The van der Waals surface area contributed by atoms with E-state index in [0.29, 0.717) is 21.3 Å². The summed E-state index contributed by atoms with van der Waals surface area (Å²) >= 11 is 12.6. The summed E-state index contributed by atoms with van der Waals surface area (Å²) < 4.78 is 39.6. The lowest BCUT2D eigenvalue weighted by molar-refractivity contribution is -0.142. The highest BCUT2D eigenvalue weighted by molar-refractivity contribution is 7.92. The summed E-state index contributed by atoms with van der Waals surface area (Å²) in [7, 11) is -3.71. The van der Waals surface area contributed by atoms with Crippen LogP contribution in [0.2, 0.25) is 10.0 Å². The molecule has 3 aromatic rings. The molecule has 1 N–H and O–H groups in total. The van der Waals surface area contributed by atoms with E-state index < -0.39 is 27.4 Å². The Morgan fingerprint density at radius 1 is 0.976 bits per heavy atom. The minimum atomic E-state index is -3.71. The van der Waals surface area contributed by atoms with E-state index in [4.69, 9.17) is 23.2 Å². The number of hydrogen-bond donors (Lipinski definition) is 1. The maximum Gasteiger partial charge on any atom is 0.243 e. The molecular weight excluding hydrogens is 600 g/mol. The van der Waals surface area contributed by atoms with E-state index >= 15 is 0 Å². The van der Waals surface area contributed by atoms with Crippen molar-refractivity contribution in [3.8, 4) is 0 Å². The fourth-order valence-corrected chi connectivity index (χ4v) is 5.89. The molecule has 0 aliphatic heterocycles. The highest BCUT2D eigenvalue weighted by atomic mass is 35.5. The van der Waals surface area contributed by atoms with Crippen molar-refractivity contribution in [2.75, 3.05) is 17.1 Å². The minimum absolute atomic E-state index is 0.0106. The van der Waals surface area contributed by atoms with Crippen molar-refractivity contribution < 1.29 is 22.4 Å². The number of amides is 2. The third-order valence-electron chi connectivity index (χ3n) is 6.39. The molecule has 3 rings (SSSR count). The number of sulfonamides is 1. The summed E-state index contributed by atoms with van der Waals surface area (Å²) in [6.07, 6.45) is 1.42. The van der Waals surface area contributed by atoms with E-state index in [2.05, 4.69) is 5.32 Å². The van der Waals surface area contributed by atoms with Gasteiger partial charge in [0.2, 0.25) is 21.8 Å². The molecule has 0 radical (unpaired) electrons. The number of anilines is 1. The number of nitrogens with one attached hydrogen (secondary N) is 1. The molecule has 0 spiro atoms. The van der Waals surface area contributed by atoms with E-state index in [1.165, 1.54) is 29.2 Å². The Kier molecular flexibility index (Phi) is 11.4. The molecular formula is C31H36Cl2FN3O4S. The summed E-state index contributed by atoms with van der Waals surface area (Å²) in [6, 6.07) is 18.6. The summed E-state index contributed by atoms with van der Waals surface area (Å²) in [5, 5.41) is 3.80. The van der Waals surface area contributed by atoms with Crippen LogP contribution in [0.4, 0.5) is 10.1 Å². The van der Waals surface area contributed by atoms with Crippen molar-refractivity contribution in [3.05, 3.63) is 99.8 Å². The second-order valence-electron chi connectivity index (χ2n) is 11.1. The Labute approximate surface area is 257 Å². The lowest BCUT2D eigenvalue weighted by atomic mass is 10.00. The van der Waals surface area contributed by atoms with Crippen LogP contribution in [-0.4, -0.2) is 49.5 Å². The fourth-order valence-electron chi connectivity index (χ4n) is 4.45. The molecule has 42 heavy (non-hydrogen) atoms. The molecule has 0 bridgehead atoms. The highest BCUT2D eigenvalue weighted by Gasteiger charge is 2.32. The SMILES string of the molecule is CC(C)(C)NC(=O)[C@@H](Cc1ccccc1)N(Cc1ccc(Cl)cc1Cl)C(=O)CCCN(c1ccc(F)cc1)S(C)(=O)=O. The van der Waals surface area contributed by atoms with Gasteiger partial charge in [0.15, 0.2) is 0 Å². The van der Waals surface area contributed by atoms with Crippen LogP contribution in [0, 0.1) is 5.82 Å². The molecule has 0 aromatic heterocycles. The molecule has 0 fully saturated rings. The predicted molar refractivity (Wildman–Crippen MR) is 167 cm³/mol. The monoisotopic (exact) mass is 635 g/mol. The summed E-state index contributed by atoms with van der Waals surface area (Å²) in [4.78, 5) is 29.1. The zero-order valence-electron chi connectivity index (χ0n) is 24.1. The number of halogens is 3. The predicted octanol–water partition coefficient (Wildman–Crippen LogP) is 6.23. The van der Waals surface area contributed by atoms with Gasteiger partial charge in [-0.05, 0) is 74.7 Å². The van der Waals surface area contributed by atoms with Gasteiger partial charge in [-0.1, -0.05) is 59.6 Å². The number of rotatable bonds is 12. The van der Waals surface area contributed by atoms with Crippen LogP contribution >= 0.6 is 23.2 Å². The zero-order valence-corrected chi connectivity index (χ0v) is 26.4. The molecule has 0 unspecified atom stereocenters. The number of hydrogen-bond acceptors (Lipinski definition) is 4. The topological polar surface area (TPSA) is 86.8 Å². The molecule has 0 heterocycles. The molecule has 0 saturated carbocycles. The van der Waals surface area contributed by atoms with Crippen LogP contribution in [0.3, 0.4) is 0 Å². The Bertz CT molecular complexity index is 1480. The molecule has 1 atom stereocenters. The largest absolute Gasteiger partial charge is 0.350 e. The first-order valence-corrected chi connectivity index (χ1v) is 16.1. The molecule has 3 aromatic carbocycles. The maximum atomic E-state index is 13.9. The maximum absolute atomic E-state index is 13.9. The minimum Gasteiger partial charge on any atom is -0.350 e. The van der Waals surface area contributed by atoms with Gasteiger partial charge in [0.25, 0.3) is 0 Å². The lowest BCUT2D eigenvalue weighted by Crippen LogP contribution is -2.54. The third-order valence-corrected chi connectivity index (χ3v) is 8.17. The Hall–Kier alpha value is -3.14. The average Bonchev–Trinajstić information content (AvgIpc) is 2.89. The summed E-state index contributed by atoms with van der Waals surface area (Å²) in [5.41, 5.74) is 1.22. The van der Waals surface area contributed by atoms with Crippen LogP contribution in [0.1, 0.15) is 44.7 Å². The number of nitrogens with zero attached hydrogens (tertiary/aromatic N) is 2. The van der Waals surface area contributed by atoms with Crippen LogP contribution in [0.5, 0.6) is 0 Å². The standard InChI is InChI=1S/C31H36Cl2FN3O4S/c1-31(2,3)35-30(39)28(19-22-9-6-5-7-10-22)36(21-23-12-13-24(32)20-27(23)33)29(38)11-8-18-37(42(4,40)41)26-16-14-25(34)15-17-26/h5-7,9-10,12-17,20,28H,8,11,18-19,21H2,1-4H3,(H,35,39)/t28-/m1/s1. The summed E-state index contributed by atoms with van der Waals surface area (Å²) in [5.74, 6) is -1.16. The van der Waals surface area contributed by atoms with Gasteiger partial charge >= 0.3 is 0 Å². The van der Waals surface area contributed by atoms with Gasteiger partial charge in [0.1, 0.15) is 11.9 Å². The third kappa shape index (κ3) is 10.00. The number of benzene rings is 3. The lowest BCUT2D eigenvalue weighted by Gasteiger charge is -2.34. The molecule has 226 valence electrons. The normalized spacial score (nSPS) is 12.5. The molecule has 0 aliphatic rings. The van der Waals surface area contributed by atoms with Gasteiger partial charge in [0.05, 0.1) is 11.9 Å². The fraction of sp³-hybridized carbons (Fsp3) is 0.355. The molecule has 11 heteroatoms. The quantitative estimate of drug-likeness (QED) is 0.255. The van der Waals surface area contributed by atoms with Crippen molar-refractivity contribution in [1.82, 2.24) is 10.2 Å². The van der Waals surface area contributed by atoms with Crippen molar-refractivity contribution in [3.63, 3.8) is 0 Å². The molecule has 0 saturated heterocycles. The van der Waals surface area contributed by atoms with E-state index in [-0.39, 0.29) is 44.2 Å². The molecule has 7 nitrogen and oxygen atoms in total. The van der Waals surface area contributed by atoms with E-state index in [0.717, 1.165) is 16.1 Å². The smallest absolute Gasteiger partial charge is 0.243 e. The summed E-state index contributed by atoms with van der Waals surface area (Å²) in [6.45, 7) is 5.62. The van der Waals surface area contributed by atoms with Gasteiger partial charge in [-0.3, -0.25) is 13.9 Å². The first kappa shape index (κ1) is 33.4. The van der Waals surface area contributed by atoms with Crippen molar-refractivity contribution in [2.45, 2.75) is 58.2 Å². The Morgan fingerprint density at radius 2 is 1.62 bits per heavy atom. The van der Waals surface area contributed by atoms with Crippen molar-refractivity contribution in [2.24, 2.45) is 0 Å². The van der Waals surface area contributed by atoms with Crippen molar-refractivity contribution in [1.29, 1.82) is 0 Å². The second-order valence-corrected chi connectivity index (χ2v) is 13.9. The first-order chi connectivity index (χ1) is 19.6. The Morgan fingerprint density at radius 3 is 2.19 bits per heavy atom. The van der Waals surface area contributed by atoms with Crippen LogP contribution < -0.4 is 9.62 Å². The van der Waals surface area contributed by atoms with Crippen LogP contribution in [0.25, 0.3) is 0 Å². The second kappa shape index (κ2) is 14.4. The van der Waals surface area contributed by atoms with E-state index in [9.17, 15) is 22.4 Å². The van der Waals surface area contributed by atoms with Gasteiger partial charge < -0.3 is 10.2 Å². The molecule has 0 aliphatic carbocycles. The average molecular weight is 637 g/mol. The van der Waals surface area contributed by atoms with Gasteiger partial charge in [-0.15, -0.1) is 0 Å². The highest BCUT2D eigenvalue weighted by Crippen LogP contribution is 2.25. The van der Waals surface area contributed by atoms with Crippen LogP contribution in [0.15, 0.2) is 72.8 Å². The van der Waals surface area contributed by atoms with Gasteiger partial charge in [-0.2, -0.15) is 0 Å². The van der Waals surface area contributed by atoms with Crippen molar-refractivity contribution >= 4 is 50.7 Å². The number of carbonyl (C=O) groups is 2.